The van der Waals surface area contributed by atoms with Crippen molar-refractivity contribution in [1.82, 2.24) is 15.1 Å². The molecule has 1 heterocycles. The molecule has 1 aliphatic heterocycles. The molecule has 2 amide bonds. The van der Waals surface area contributed by atoms with E-state index in [-0.39, 0.29) is 17.9 Å². The quantitative estimate of drug-likeness (QED) is 0.790. The molecule has 2 rings (SSSR count). The highest BCUT2D eigenvalue weighted by Gasteiger charge is 2.22. The summed E-state index contributed by atoms with van der Waals surface area (Å²) >= 11 is 0. The zero-order valence-electron chi connectivity index (χ0n) is 14.5. The highest BCUT2D eigenvalue weighted by Crippen LogP contribution is 2.07. The van der Waals surface area contributed by atoms with Crippen LogP contribution < -0.4 is 5.32 Å². The van der Waals surface area contributed by atoms with Gasteiger partial charge in [-0.2, -0.15) is 0 Å². The third-order valence-electron chi connectivity index (χ3n) is 4.11. The first-order chi connectivity index (χ1) is 11.6. The number of ether oxygens (including phenoxy) is 1. The topological polar surface area (TPSA) is 61.9 Å². The molecule has 6 heteroatoms. The minimum Gasteiger partial charge on any atom is -0.383 e. The minimum atomic E-state index is 0.00334. The SMILES string of the molecule is COCC(C)NC(=O)CN1CCN(C(=O)Cc2ccccc2)CC1. The lowest BCUT2D eigenvalue weighted by Crippen LogP contribution is -2.52. The van der Waals surface area contributed by atoms with Gasteiger partial charge in [0.1, 0.15) is 0 Å². The second-order valence-corrected chi connectivity index (χ2v) is 6.24. The summed E-state index contributed by atoms with van der Waals surface area (Å²) < 4.78 is 5.01. The van der Waals surface area contributed by atoms with E-state index in [1.807, 2.05) is 42.2 Å². The summed E-state index contributed by atoms with van der Waals surface area (Å²) in [5, 5.41) is 2.91. The van der Waals surface area contributed by atoms with E-state index >= 15 is 0 Å². The van der Waals surface area contributed by atoms with Crippen molar-refractivity contribution in [2.75, 3.05) is 46.4 Å². The van der Waals surface area contributed by atoms with Crippen LogP contribution in [0.1, 0.15) is 12.5 Å². The fourth-order valence-corrected chi connectivity index (χ4v) is 2.85. The highest BCUT2D eigenvalue weighted by atomic mass is 16.5. The molecule has 0 radical (unpaired) electrons. The molecule has 1 fully saturated rings. The molecule has 1 atom stereocenters. The normalized spacial score (nSPS) is 16.7. The van der Waals surface area contributed by atoms with Gasteiger partial charge in [0.05, 0.1) is 19.6 Å². The van der Waals surface area contributed by atoms with Gasteiger partial charge in [0.25, 0.3) is 0 Å². The molecule has 0 saturated carbocycles. The Balaban J connectivity index is 1.71. The first-order valence-corrected chi connectivity index (χ1v) is 8.41. The number of hydrogen-bond donors (Lipinski definition) is 1. The number of amides is 2. The van der Waals surface area contributed by atoms with E-state index in [0.29, 0.717) is 32.7 Å². The van der Waals surface area contributed by atoms with Gasteiger partial charge >= 0.3 is 0 Å². The number of carbonyl (C=O) groups is 2. The van der Waals surface area contributed by atoms with Crippen molar-refractivity contribution in [3.05, 3.63) is 35.9 Å². The van der Waals surface area contributed by atoms with Crippen molar-refractivity contribution in [3.8, 4) is 0 Å². The molecule has 1 aromatic carbocycles. The summed E-state index contributed by atoms with van der Waals surface area (Å²) in [4.78, 5) is 28.3. The van der Waals surface area contributed by atoms with Crippen LogP contribution in [0.5, 0.6) is 0 Å². The molecular weight excluding hydrogens is 306 g/mol. The molecule has 132 valence electrons. The number of methoxy groups -OCH3 is 1. The smallest absolute Gasteiger partial charge is 0.234 e. The summed E-state index contributed by atoms with van der Waals surface area (Å²) in [5.41, 5.74) is 1.04. The third-order valence-corrected chi connectivity index (χ3v) is 4.11. The van der Waals surface area contributed by atoms with Crippen molar-refractivity contribution in [3.63, 3.8) is 0 Å². The Kier molecular flexibility index (Phi) is 7.21. The minimum absolute atomic E-state index is 0.00334. The van der Waals surface area contributed by atoms with E-state index in [1.54, 1.807) is 7.11 Å². The zero-order chi connectivity index (χ0) is 17.4. The van der Waals surface area contributed by atoms with Crippen LogP contribution in [0.3, 0.4) is 0 Å². The number of nitrogens with one attached hydrogen (secondary N) is 1. The molecule has 0 bridgehead atoms. The van der Waals surface area contributed by atoms with Crippen LogP contribution >= 0.6 is 0 Å². The van der Waals surface area contributed by atoms with Crippen LogP contribution in [0.2, 0.25) is 0 Å². The molecule has 1 aromatic rings. The molecule has 1 saturated heterocycles. The number of hydrogen-bond acceptors (Lipinski definition) is 4. The second-order valence-electron chi connectivity index (χ2n) is 6.24. The molecule has 1 N–H and O–H groups in total. The Morgan fingerprint density at radius 2 is 1.83 bits per heavy atom. The average Bonchev–Trinajstić information content (AvgIpc) is 2.56. The average molecular weight is 333 g/mol. The van der Waals surface area contributed by atoms with Gasteiger partial charge < -0.3 is 15.0 Å². The number of nitrogens with zero attached hydrogens (tertiary/aromatic N) is 2. The van der Waals surface area contributed by atoms with E-state index in [1.165, 1.54) is 0 Å². The first kappa shape index (κ1) is 18.4. The van der Waals surface area contributed by atoms with Gasteiger partial charge in [0.2, 0.25) is 11.8 Å². The maximum absolute atomic E-state index is 12.3. The molecule has 1 aliphatic rings. The Bertz CT molecular complexity index is 528. The largest absolute Gasteiger partial charge is 0.383 e. The lowest BCUT2D eigenvalue weighted by molar-refractivity contribution is -0.132. The fourth-order valence-electron chi connectivity index (χ4n) is 2.85. The third kappa shape index (κ3) is 5.94. The summed E-state index contributed by atoms with van der Waals surface area (Å²) in [6, 6.07) is 9.80. The van der Waals surface area contributed by atoms with E-state index in [4.69, 9.17) is 4.74 Å². The number of piperazine rings is 1. The van der Waals surface area contributed by atoms with Crippen molar-refractivity contribution in [2.45, 2.75) is 19.4 Å². The maximum atomic E-state index is 12.3. The van der Waals surface area contributed by atoms with Crippen LogP contribution in [-0.4, -0.2) is 74.1 Å². The van der Waals surface area contributed by atoms with Crippen molar-refractivity contribution in [1.29, 1.82) is 0 Å². The van der Waals surface area contributed by atoms with Crippen LogP contribution in [0.15, 0.2) is 30.3 Å². The first-order valence-electron chi connectivity index (χ1n) is 8.41. The van der Waals surface area contributed by atoms with Gasteiger partial charge in [-0.1, -0.05) is 30.3 Å². The second kappa shape index (κ2) is 9.39. The van der Waals surface area contributed by atoms with Crippen molar-refractivity contribution < 1.29 is 14.3 Å². The summed E-state index contributed by atoms with van der Waals surface area (Å²) in [6.07, 6.45) is 0.440. The predicted molar refractivity (Wildman–Crippen MR) is 92.6 cm³/mol. The van der Waals surface area contributed by atoms with E-state index < -0.39 is 0 Å². The highest BCUT2D eigenvalue weighted by molar-refractivity contribution is 5.79. The van der Waals surface area contributed by atoms with E-state index in [2.05, 4.69) is 10.2 Å². The van der Waals surface area contributed by atoms with Crippen molar-refractivity contribution in [2.24, 2.45) is 0 Å². The van der Waals surface area contributed by atoms with Gasteiger partial charge in [0, 0.05) is 39.3 Å². The number of rotatable bonds is 7. The maximum Gasteiger partial charge on any atom is 0.234 e. The number of benzene rings is 1. The summed E-state index contributed by atoms with van der Waals surface area (Å²) in [7, 11) is 1.62. The van der Waals surface area contributed by atoms with E-state index in [0.717, 1.165) is 18.7 Å². The fraction of sp³-hybridized carbons (Fsp3) is 0.556. The van der Waals surface area contributed by atoms with Crippen molar-refractivity contribution >= 4 is 11.8 Å². The lowest BCUT2D eigenvalue weighted by atomic mass is 10.1. The van der Waals surface area contributed by atoms with Crippen LogP contribution in [0.25, 0.3) is 0 Å². The molecule has 24 heavy (non-hydrogen) atoms. The molecule has 0 aromatic heterocycles. The Labute approximate surface area is 143 Å². The van der Waals surface area contributed by atoms with Gasteiger partial charge in [-0.05, 0) is 12.5 Å². The Morgan fingerprint density at radius 1 is 1.17 bits per heavy atom. The van der Waals surface area contributed by atoms with Gasteiger partial charge in [-0.3, -0.25) is 14.5 Å². The van der Waals surface area contributed by atoms with Gasteiger partial charge in [-0.25, -0.2) is 0 Å². The molecule has 1 unspecified atom stereocenters. The van der Waals surface area contributed by atoms with Crippen LogP contribution in [0, 0.1) is 0 Å². The van der Waals surface area contributed by atoms with Gasteiger partial charge in [0.15, 0.2) is 0 Å². The Hall–Kier alpha value is -1.92. The zero-order valence-corrected chi connectivity index (χ0v) is 14.5. The molecule has 6 nitrogen and oxygen atoms in total. The molecular formula is C18H27N3O3. The van der Waals surface area contributed by atoms with Crippen LogP contribution in [-0.2, 0) is 20.7 Å². The van der Waals surface area contributed by atoms with Crippen LogP contribution in [0.4, 0.5) is 0 Å². The standard InChI is InChI=1S/C18H27N3O3/c1-15(14-24-2)19-17(22)13-20-8-10-21(11-9-20)18(23)12-16-6-4-3-5-7-16/h3-7,15H,8-14H2,1-2H3,(H,19,22). The van der Waals surface area contributed by atoms with Gasteiger partial charge in [-0.15, -0.1) is 0 Å². The van der Waals surface area contributed by atoms with E-state index in [9.17, 15) is 9.59 Å². The summed E-state index contributed by atoms with van der Waals surface area (Å²) in [5.74, 6) is 0.155. The Morgan fingerprint density at radius 3 is 2.46 bits per heavy atom. The predicted octanol–water partition coefficient (Wildman–Crippen LogP) is 0.524. The monoisotopic (exact) mass is 333 g/mol. The number of carbonyl (C=O) groups excluding carboxylic acids is 2. The summed E-state index contributed by atoms with van der Waals surface area (Å²) in [6.45, 7) is 5.60. The molecule has 0 spiro atoms. The molecule has 0 aliphatic carbocycles. The lowest BCUT2D eigenvalue weighted by Gasteiger charge is -2.34.